The lowest BCUT2D eigenvalue weighted by Gasteiger charge is -2.16. The van der Waals surface area contributed by atoms with E-state index in [0.29, 0.717) is 0 Å². The standard InChI is InChI=1S/C25H20F2N2O6/c26-18-9-10-19(22(27)21(18)23(31)28-20(11-30)24(32)33)29-25(34)35-12-17-15-7-3-1-5-13(15)14-6-2-4-8-16(14)17/h1-10,17,20,30H,11-12H2,(H,28,31)(H,29,34)(H,32,33). The van der Waals surface area contributed by atoms with Crippen LogP contribution in [0.25, 0.3) is 11.1 Å². The molecule has 35 heavy (non-hydrogen) atoms. The molecule has 0 spiro atoms. The van der Waals surface area contributed by atoms with Gasteiger partial charge >= 0.3 is 12.1 Å². The molecule has 0 aromatic heterocycles. The van der Waals surface area contributed by atoms with Gasteiger partial charge in [0.2, 0.25) is 0 Å². The Morgan fingerprint density at radius 2 is 1.54 bits per heavy atom. The topological polar surface area (TPSA) is 125 Å². The third-order valence-corrected chi connectivity index (χ3v) is 5.68. The summed E-state index contributed by atoms with van der Waals surface area (Å²) in [5, 5.41) is 21.9. The molecule has 2 amide bonds. The van der Waals surface area contributed by atoms with E-state index in [2.05, 4.69) is 5.32 Å². The molecule has 4 rings (SSSR count). The highest BCUT2D eigenvalue weighted by Crippen LogP contribution is 2.44. The number of aliphatic hydroxyl groups is 1. The first kappa shape index (κ1) is 23.8. The van der Waals surface area contributed by atoms with Crippen LogP contribution in [0, 0.1) is 11.6 Å². The summed E-state index contributed by atoms with van der Waals surface area (Å²) in [6, 6.07) is 15.3. The highest BCUT2D eigenvalue weighted by Gasteiger charge is 2.30. The number of aliphatic hydroxyl groups excluding tert-OH is 1. The van der Waals surface area contributed by atoms with Crippen molar-refractivity contribution in [3.8, 4) is 11.1 Å². The first-order chi connectivity index (χ1) is 16.8. The van der Waals surface area contributed by atoms with Crippen molar-refractivity contribution >= 4 is 23.7 Å². The minimum atomic E-state index is -1.76. The minimum absolute atomic E-state index is 0.0488. The second kappa shape index (κ2) is 9.90. The van der Waals surface area contributed by atoms with Crippen LogP contribution in [0.2, 0.25) is 0 Å². The minimum Gasteiger partial charge on any atom is -0.480 e. The molecule has 0 heterocycles. The second-order valence-corrected chi connectivity index (χ2v) is 7.78. The normalized spacial score (nSPS) is 12.9. The van der Waals surface area contributed by atoms with Gasteiger partial charge in [0.1, 0.15) is 18.0 Å². The highest BCUT2D eigenvalue weighted by atomic mass is 19.1. The Bertz CT molecular complexity index is 1270. The van der Waals surface area contributed by atoms with E-state index in [-0.39, 0.29) is 12.5 Å². The molecule has 3 aromatic rings. The van der Waals surface area contributed by atoms with Gasteiger partial charge in [-0.25, -0.2) is 18.4 Å². The number of amides is 2. The molecule has 0 bridgehead atoms. The van der Waals surface area contributed by atoms with Gasteiger partial charge in [-0.3, -0.25) is 10.1 Å². The fourth-order valence-corrected chi connectivity index (χ4v) is 4.02. The van der Waals surface area contributed by atoms with Crippen LogP contribution in [0.5, 0.6) is 0 Å². The number of carbonyl (C=O) groups excluding carboxylic acids is 2. The molecule has 0 radical (unpaired) electrons. The molecular weight excluding hydrogens is 462 g/mol. The zero-order chi connectivity index (χ0) is 25.1. The summed E-state index contributed by atoms with van der Waals surface area (Å²) in [6.45, 7) is -1.03. The Morgan fingerprint density at radius 1 is 0.943 bits per heavy atom. The Labute approximate surface area is 198 Å². The lowest BCUT2D eigenvalue weighted by atomic mass is 9.98. The predicted octanol–water partition coefficient (Wildman–Crippen LogP) is 3.50. The van der Waals surface area contributed by atoms with E-state index in [1.165, 1.54) is 0 Å². The fourth-order valence-electron chi connectivity index (χ4n) is 4.02. The van der Waals surface area contributed by atoms with Crippen molar-refractivity contribution in [2.45, 2.75) is 12.0 Å². The van der Waals surface area contributed by atoms with E-state index in [4.69, 9.17) is 14.9 Å². The van der Waals surface area contributed by atoms with Crippen molar-refractivity contribution in [3.63, 3.8) is 0 Å². The number of hydrogen-bond acceptors (Lipinski definition) is 5. The average molecular weight is 482 g/mol. The van der Waals surface area contributed by atoms with E-state index in [1.807, 2.05) is 53.8 Å². The van der Waals surface area contributed by atoms with Crippen LogP contribution in [0.15, 0.2) is 60.7 Å². The van der Waals surface area contributed by atoms with Crippen molar-refractivity contribution < 1.29 is 38.1 Å². The number of carboxylic acids is 1. The number of rotatable bonds is 7. The van der Waals surface area contributed by atoms with Gasteiger partial charge in [-0.05, 0) is 34.4 Å². The first-order valence-corrected chi connectivity index (χ1v) is 10.6. The van der Waals surface area contributed by atoms with Crippen LogP contribution in [0.4, 0.5) is 19.3 Å². The Hall–Kier alpha value is -4.31. The van der Waals surface area contributed by atoms with Gasteiger partial charge in [0, 0.05) is 5.92 Å². The van der Waals surface area contributed by atoms with Crippen LogP contribution >= 0.6 is 0 Å². The van der Waals surface area contributed by atoms with E-state index in [0.717, 1.165) is 34.4 Å². The zero-order valence-electron chi connectivity index (χ0n) is 18.1. The first-order valence-electron chi connectivity index (χ1n) is 10.6. The summed E-state index contributed by atoms with van der Waals surface area (Å²) in [5.74, 6) is -5.93. The molecule has 3 aromatic carbocycles. The molecule has 8 nitrogen and oxygen atoms in total. The maximum atomic E-state index is 14.9. The van der Waals surface area contributed by atoms with E-state index in [9.17, 15) is 23.2 Å². The number of nitrogens with one attached hydrogen (secondary N) is 2. The zero-order valence-corrected chi connectivity index (χ0v) is 18.1. The van der Waals surface area contributed by atoms with Gasteiger partial charge in [0.25, 0.3) is 5.91 Å². The van der Waals surface area contributed by atoms with Crippen LogP contribution in [0.3, 0.4) is 0 Å². The lowest BCUT2D eigenvalue weighted by molar-refractivity contribution is -0.140. The number of carbonyl (C=O) groups is 3. The third-order valence-electron chi connectivity index (χ3n) is 5.68. The Morgan fingerprint density at radius 3 is 2.11 bits per heavy atom. The maximum Gasteiger partial charge on any atom is 0.411 e. The smallest absolute Gasteiger partial charge is 0.411 e. The molecule has 10 heteroatoms. The molecule has 0 aliphatic heterocycles. The molecule has 1 aliphatic rings. The van der Waals surface area contributed by atoms with Crippen molar-refractivity contribution in [1.29, 1.82) is 0 Å². The number of benzene rings is 3. The van der Waals surface area contributed by atoms with Crippen molar-refractivity contribution in [2.75, 3.05) is 18.5 Å². The van der Waals surface area contributed by atoms with Gasteiger partial charge in [-0.15, -0.1) is 0 Å². The number of hydrogen-bond donors (Lipinski definition) is 4. The van der Waals surface area contributed by atoms with Gasteiger partial charge in [0.15, 0.2) is 11.9 Å². The van der Waals surface area contributed by atoms with Gasteiger partial charge in [-0.1, -0.05) is 48.5 Å². The van der Waals surface area contributed by atoms with E-state index in [1.54, 1.807) is 0 Å². The van der Waals surface area contributed by atoms with Crippen LogP contribution < -0.4 is 10.6 Å². The molecule has 4 N–H and O–H groups in total. The molecule has 0 saturated heterocycles. The van der Waals surface area contributed by atoms with Crippen molar-refractivity contribution in [2.24, 2.45) is 0 Å². The molecule has 1 aliphatic carbocycles. The second-order valence-electron chi connectivity index (χ2n) is 7.78. The largest absolute Gasteiger partial charge is 0.480 e. The van der Waals surface area contributed by atoms with Crippen molar-refractivity contribution in [3.05, 3.63) is 89.0 Å². The third kappa shape index (κ3) is 4.69. The monoisotopic (exact) mass is 482 g/mol. The van der Waals surface area contributed by atoms with Crippen LogP contribution in [0.1, 0.15) is 27.4 Å². The number of halogens is 2. The van der Waals surface area contributed by atoms with Crippen molar-refractivity contribution in [1.82, 2.24) is 5.32 Å². The molecular formula is C25H20F2N2O6. The Balaban J connectivity index is 1.48. The molecule has 0 saturated carbocycles. The summed E-state index contributed by atoms with van der Waals surface area (Å²) in [7, 11) is 0. The molecule has 180 valence electrons. The summed E-state index contributed by atoms with van der Waals surface area (Å²) in [6.07, 6.45) is -1.03. The van der Waals surface area contributed by atoms with E-state index < -0.39 is 53.5 Å². The van der Waals surface area contributed by atoms with Gasteiger partial charge in [-0.2, -0.15) is 0 Å². The van der Waals surface area contributed by atoms with Gasteiger partial charge in [0.05, 0.1) is 12.3 Å². The molecule has 1 unspecified atom stereocenters. The molecule has 1 atom stereocenters. The fraction of sp³-hybridized carbons (Fsp3) is 0.160. The maximum absolute atomic E-state index is 14.9. The SMILES string of the molecule is O=C(Nc1ccc(F)c(C(=O)NC(CO)C(=O)O)c1F)OCC1c2ccccc2-c2ccccc21. The summed E-state index contributed by atoms with van der Waals surface area (Å²) >= 11 is 0. The van der Waals surface area contributed by atoms with Gasteiger partial charge < -0.3 is 20.3 Å². The Kier molecular flexibility index (Phi) is 6.74. The molecule has 0 fully saturated rings. The highest BCUT2D eigenvalue weighted by molar-refractivity contribution is 5.99. The quantitative estimate of drug-likeness (QED) is 0.409. The number of aliphatic carboxylic acids is 1. The summed E-state index contributed by atoms with van der Waals surface area (Å²) in [4.78, 5) is 35.6. The van der Waals surface area contributed by atoms with Crippen LogP contribution in [-0.2, 0) is 9.53 Å². The number of anilines is 1. The average Bonchev–Trinajstić information content (AvgIpc) is 3.16. The number of fused-ring (bicyclic) bond motifs is 3. The van der Waals surface area contributed by atoms with Crippen LogP contribution in [-0.4, -0.2) is 47.4 Å². The van der Waals surface area contributed by atoms with E-state index >= 15 is 0 Å². The lowest BCUT2D eigenvalue weighted by Crippen LogP contribution is -2.43. The number of ether oxygens (including phenoxy) is 1. The summed E-state index contributed by atoms with van der Waals surface area (Å²) < 4.78 is 34.3. The number of carboxylic acid groups (broad SMARTS) is 1. The summed E-state index contributed by atoms with van der Waals surface area (Å²) in [5.41, 5.74) is 2.36. The predicted molar refractivity (Wildman–Crippen MR) is 121 cm³/mol.